The van der Waals surface area contributed by atoms with Gasteiger partial charge >= 0.3 is 5.97 Å². The zero-order valence-electron chi connectivity index (χ0n) is 3.66. The molecule has 0 spiro atoms. The molecule has 42 valence electrons. The Labute approximate surface area is 46.9 Å². The number of carboxylic acids is 1. The summed E-state index contributed by atoms with van der Waals surface area (Å²) in [5, 5.41) is 7.42. The standard InChI is InChI=1S/C3H7NO2S/c4-2(7)1-3(5)6/h2,7H,1,4H2,(H,5,6)/t2-/m1/s1. The van der Waals surface area contributed by atoms with Crippen molar-refractivity contribution in [1.29, 1.82) is 0 Å². The number of carbonyl (C=O) groups is 1. The Balaban J connectivity index is 3.13. The molecule has 0 radical (unpaired) electrons. The van der Waals surface area contributed by atoms with E-state index in [0.717, 1.165) is 0 Å². The molecule has 1 atom stereocenters. The fraction of sp³-hybridized carbons (Fsp3) is 0.667. The van der Waals surface area contributed by atoms with Crippen LogP contribution < -0.4 is 5.73 Å². The molecule has 0 amide bonds. The Morgan fingerprint density at radius 1 is 2.00 bits per heavy atom. The normalized spacial score (nSPS) is 13.4. The van der Waals surface area contributed by atoms with E-state index in [9.17, 15) is 4.79 Å². The smallest absolute Gasteiger partial charge is 0.305 e. The van der Waals surface area contributed by atoms with Crippen molar-refractivity contribution in [2.75, 3.05) is 0 Å². The van der Waals surface area contributed by atoms with Gasteiger partial charge in [-0.2, -0.15) is 12.6 Å². The van der Waals surface area contributed by atoms with Crippen LogP contribution in [0.15, 0.2) is 0 Å². The molecule has 0 saturated carbocycles. The summed E-state index contributed by atoms with van der Waals surface area (Å²) in [6.45, 7) is 0. The van der Waals surface area contributed by atoms with E-state index < -0.39 is 11.3 Å². The minimum atomic E-state index is -0.914. The van der Waals surface area contributed by atoms with Gasteiger partial charge in [-0.3, -0.25) is 4.79 Å². The average molecular weight is 121 g/mol. The highest BCUT2D eigenvalue weighted by molar-refractivity contribution is 7.80. The van der Waals surface area contributed by atoms with E-state index in [4.69, 9.17) is 10.8 Å². The molecule has 0 aliphatic rings. The van der Waals surface area contributed by atoms with E-state index in [-0.39, 0.29) is 6.42 Å². The van der Waals surface area contributed by atoms with Crippen molar-refractivity contribution in [3.8, 4) is 0 Å². The number of hydrogen-bond donors (Lipinski definition) is 3. The molecule has 0 rings (SSSR count). The number of hydrogen-bond acceptors (Lipinski definition) is 3. The summed E-state index contributed by atoms with van der Waals surface area (Å²) in [4.78, 5) is 9.68. The molecule has 0 aromatic heterocycles. The number of carboxylic acid groups (broad SMARTS) is 1. The third kappa shape index (κ3) is 5.78. The van der Waals surface area contributed by atoms with Gasteiger partial charge in [-0.05, 0) is 0 Å². The maximum absolute atomic E-state index is 9.68. The molecule has 0 aromatic rings. The number of rotatable bonds is 2. The fourth-order valence-corrected chi connectivity index (χ4v) is 0.335. The van der Waals surface area contributed by atoms with Gasteiger partial charge in [0.2, 0.25) is 0 Å². The van der Waals surface area contributed by atoms with Gasteiger partial charge in [-0.1, -0.05) is 0 Å². The van der Waals surface area contributed by atoms with Gasteiger partial charge in [0, 0.05) is 0 Å². The molecule has 0 aliphatic heterocycles. The van der Waals surface area contributed by atoms with E-state index >= 15 is 0 Å². The summed E-state index contributed by atoms with van der Waals surface area (Å²) in [6.07, 6.45) is -0.0802. The minimum absolute atomic E-state index is 0.0802. The lowest BCUT2D eigenvalue weighted by Gasteiger charge is -1.94. The lowest BCUT2D eigenvalue weighted by molar-refractivity contribution is -0.136. The Morgan fingerprint density at radius 3 is 2.43 bits per heavy atom. The second-order valence-electron chi connectivity index (χ2n) is 1.17. The molecule has 0 aliphatic carbocycles. The monoisotopic (exact) mass is 121 g/mol. The third-order valence-electron chi connectivity index (χ3n) is 0.384. The van der Waals surface area contributed by atoms with Gasteiger partial charge in [0.05, 0.1) is 11.8 Å². The molecule has 0 aromatic carbocycles. The van der Waals surface area contributed by atoms with Crippen molar-refractivity contribution >= 4 is 18.6 Å². The van der Waals surface area contributed by atoms with E-state index in [2.05, 4.69) is 12.6 Å². The first-order valence-corrected chi connectivity index (χ1v) is 2.30. The highest BCUT2D eigenvalue weighted by atomic mass is 32.1. The van der Waals surface area contributed by atoms with Crippen LogP contribution in [0.25, 0.3) is 0 Å². The van der Waals surface area contributed by atoms with Crippen molar-refractivity contribution in [3.05, 3.63) is 0 Å². The van der Waals surface area contributed by atoms with Crippen molar-refractivity contribution in [1.82, 2.24) is 0 Å². The van der Waals surface area contributed by atoms with E-state index in [0.29, 0.717) is 0 Å². The molecule has 3 nitrogen and oxygen atoms in total. The zero-order chi connectivity index (χ0) is 5.86. The molecule has 0 unspecified atom stereocenters. The van der Waals surface area contributed by atoms with Crippen molar-refractivity contribution in [2.24, 2.45) is 5.73 Å². The molecular formula is C3H7NO2S. The first-order chi connectivity index (χ1) is 3.13. The van der Waals surface area contributed by atoms with Crippen molar-refractivity contribution in [2.45, 2.75) is 11.8 Å². The second-order valence-corrected chi connectivity index (χ2v) is 1.83. The third-order valence-corrected chi connectivity index (χ3v) is 0.566. The van der Waals surface area contributed by atoms with Crippen LogP contribution in [0.4, 0.5) is 0 Å². The highest BCUT2D eigenvalue weighted by Crippen LogP contribution is 1.89. The largest absolute Gasteiger partial charge is 0.481 e. The lowest BCUT2D eigenvalue weighted by Crippen LogP contribution is -2.16. The van der Waals surface area contributed by atoms with Crippen LogP contribution in [0.3, 0.4) is 0 Å². The summed E-state index contributed by atoms with van der Waals surface area (Å²) >= 11 is 3.63. The molecule has 7 heavy (non-hydrogen) atoms. The van der Waals surface area contributed by atoms with Gasteiger partial charge in [0.25, 0.3) is 0 Å². The van der Waals surface area contributed by atoms with Crippen LogP contribution >= 0.6 is 12.6 Å². The first kappa shape index (κ1) is 6.78. The van der Waals surface area contributed by atoms with Crippen LogP contribution in [0.1, 0.15) is 6.42 Å². The number of thiol groups is 1. The molecule has 0 saturated heterocycles. The van der Waals surface area contributed by atoms with Crippen LogP contribution in [-0.4, -0.2) is 16.4 Å². The Hall–Kier alpha value is -0.220. The summed E-state index contributed by atoms with van der Waals surface area (Å²) in [6, 6.07) is 0. The molecule has 0 bridgehead atoms. The van der Waals surface area contributed by atoms with Crippen LogP contribution in [-0.2, 0) is 4.79 Å². The number of aliphatic carboxylic acids is 1. The average Bonchev–Trinajstić information content (AvgIpc) is 1.27. The van der Waals surface area contributed by atoms with Gasteiger partial charge in [0.1, 0.15) is 0 Å². The minimum Gasteiger partial charge on any atom is -0.481 e. The van der Waals surface area contributed by atoms with Gasteiger partial charge in [-0.15, -0.1) is 0 Å². The highest BCUT2D eigenvalue weighted by Gasteiger charge is 1.99. The lowest BCUT2D eigenvalue weighted by atomic mass is 10.4. The van der Waals surface area contributed by atoms with Crippen molar-refractivity contribution in [3.63, 3.8) is 0 Å². The van der Waals surface area contributed by atoms with Crippen LogP contribution in [0.5, 0.6) is 0 Å². The molecule has 4 heteroatoms. The Kier molecular flexibility index (Phi) is 2.78. The quantitative estimate of drug-likeness (QED) is 0.346. The molecular weight excluding hydrogens is 114 g/mol. The summed E-state index contributed by atoms with van der Waals surface area (Å²) in [5.41, 5.74) is 4.98. The number of nitrogens with two attached hydrogens (primary N) is 1. The summed E-state index contributed by atoms with van der Waals surface area (Å²) in [7, 11) is 0. The maximum Gasteiger partial charge on any atom is 0.305 e. The first-order valence-electron chi connectivity index (χ1n) is 1.78. The SMILES string of the molecule is N[C@H](S)CC(=O)O. The predicted octanol–water partition coefficient (Wildman–Crippen LogP) is -0.324. The van der Waals surface area contributed by atoms with Crippen molar-refractivity contribution < 1.29 is 9.90 Å². The van der Waals surface area contributed by atoms with Gasteiger partial charge in [-0.25, -0.2) is 0 Å². The van der Waals surface area contributed by atoms with E-state index in [1.807, 2.05) is 0 Å². The topological polar surface area (TPSA) is 63.3 Å². The Morgan fingerprint density at radius 2 is 2.43 bits per heavy atom. The second kappa shape index (κ2) is 2.87. The fourth-order valence-electron chi connectivity index (χ4n) is 0.179. The Bertz CT molecular complexity index is 73.3. The molecule has 0 fully saturated rings. The summed E-state index contributed by atoms with van der Waals surface area (Å²) in [5.74, 6) is -0.914. The van der Waals surface area contributed by atoms with Crippen LogP contribution in [0.2, 0.25) is 0 Å². The predicted molar refractivity (Wildman–Crippen MR) is 29.2 cm³/mol. The summed E-state index contributed by atoms with van der Waals surface area (Å²) < 4.78 is 0. The van der Waals surface area contributed by atoms with Gasteiger partial charge in [0.15, 0.2) is 0 Å². The van der Waals surface area contributed by atoms with Gasteiger partial charge < -0.3 is 10.8 Å². The molecule has 0 heterocycles. The molecule has 3 N–H and O–H groups in total. The maximum atomic E-state index is 9.68. The van der Waals surface area contributed by atoms with E-state index in [1.54, 1.807) is 0 Å². The van der Waals surface area contributed by atoms with E-state index in [1.165, 1.54) is 0 Å². The van der Waals surface area contributed by atoms with Crippen LogP contribution in [0, 0.1) is 0 Å². The zero-order valence-corrected chi connectivity index (χ0v) is 4.56.